The molecule has 0 aliphatic rings. The Kier molecular flexibility index (Phi) is 6.72. The molecular formula is C11H19NO2. The van der Waals surface area contributed by atoms with Gasteiger partial charge in [-0.1, -0.05) is 12.2 Å². The van der Waals surface area contributed by atoms with Crippen LogP contribution in [0.15, 0.2) is 12.2 Å². The van der Waals surface area contributed by atoms with Crippen LogP contribution in [0.1, 0.15) is 39.5 Å². The first-order chi connectivity index (χ1) is 6.59. The van der Waals surface area contributed by atoms with Crippen LogP contribution in [0.4, 0.5) is 0 Å². The van der Waals surface area contributed by atoms with E-state index < -0.39 is 11.8 Å². The fourth-order valence-electron chi connectivity index (χ4n) is 1.10. The van der Waals surface area contributed by atoms with Crippen LogP contribution < -0.4 is 5.73 Å². The van der Waals surface area contributed by atoms with Crippen LogP contribution >= 0.6 is 0 Å². The third kappa shape index (κ3) is 5.51. The van der Waals surface area contributed by atoms with Crippen molar-refractivity contribution in [3.63, 3.8) is 0 Å². The maximum atomic E-state index is 11.3. The lowest BCUT2D eigenvalue weighted by atomic mass is 10.0. The molecule has 0 aromatic rings. The van der Waals surface area contributed by atoms with E-state index in [1.54, 1.807) is 6.92 Å². The predicted molar refractivity (Wildman–Crippen MR) is 56.6 cm³/mol. The van der Waals surface area contributed by atoms with Crippen molar-refractivity contribution < 1.29 is 9.59 Å². The average molecular weight is 197 g/mol. The molecule has 14 heavy (non-hydrogen) atoms. The Labute approximate surface area is 85.4 Å². The molecule has 0 aromatic carbocycles. The van der Waals surface area contributed by atoms with E-state index in [4.69, 9.17) is 5.73 Å². The summed E-state index contributed by atoms with van der Waals surface area (Å²) in [4.78, 5) is 22.0. The molecule has 0 heterocycles. The van der Waals surface area contributed by atoms with Crippen LogP contribution in [0.25, 0.3) is 0 Å². The molecule has 0 saturated carbocycles. The topological polar surface area (TPSA) is 60.2 Å². The Morgan fingerprint density at radius 2 is 2.00 bits per heavy atom. The SMILES string of the molecule is CC=CCCCCC(=O)C(C)C(N)=O. The Hall–Kier alpha value is -1.12. The second kappa shape index (κ2) is 7.30. The molecule has 1 unspecified atom stereocenters. The number of hydrogen-bond acceptors (Lipinski definition) is 2. The fourth-order valence-corrected chi connectivity index (χ4v) is 1.10. The molecular weight excluding hydrogens is 178 g/mol. The minimum Gasteiger partial charge on any atom is -0.369 e. The second-order valence-electron chi connectivity index (χ2n) is 3.41. The fraction of sp³-hybridized carbons (Fsp3) is 0.636. The number of nitrogens with two attached hydrogens (primary N) is 1. The normalized spacial score (nSPS) is 13.0. The maximum Gasteiger partial charge on any atom is 0.227 e. The molecule has 0 spiro atoms. The largest absolute Gasteiger partial charge is 0.369 e. The zero-order valence-corrected chi connectivity index (χ0v) is 8.95. The molecule has 0 aromatic heterocycles. The summed E-state index contributed by atoms with van der Waals surface area (Å²) < 4.78 is 0. The Bertz CT molecular complexity index is 221. The Morgan fingerprint density at radius 1 is 1.36 bits per heavy atom. The van der Waals surface area contributed by atoms with E-state index >= 15 is 0 Å². The molecule has 0 rings (SSSR count). The predicted octanol–water partition coefficient (Wildman–Crippen LogP) is 1.81. The summed E-state index contributed by atoms with van der Waals surface area (Å²) in [5.74, 6) is -1.20. The van der Waals surface area contributed by atoms with Crippen molar-refractivity contribution in [3.8, 4) is 0 Å². The highest BCUT2D eigenvalue weighted by Gasteiger charge is 2.17. The lowest BCUT2D eigenvalue weighted by molar-refractivity contribution is -0.131. The highest BCUT2D eigenvalue weighted by Crippen LogP contribution is 2.06. The minimum atomic E-state index is -0.628. The van der Waals surface area contributed by atoms with Crippen molar-refractivity contribution in [1.82, 2.24) is 0 Å². The first-order valence-electron chi connectivity index (χ1n) is 5.02. The molecule has 1 amide bonds. The molecule has 1 atom stereocenters. The molecule has 0 aliphatic heterocycles. The van der Waals surface area contributed by atoms with Crippen LogP contribution in [0.3, 0.4) is 0 Å². The number of allylic oxidation sites excluding steroid dienone is 2. The molecule has 0 aliphatic carbocycles. The third-order valence-corrected chi connectivity index (χ3v) is 2.19. The first-order valence-corrected chi connectivity index (χ1v) is 5.02. The van der Waals surface area contributed by atoms with Gasteiger partial charge in [-0.2, -0.15) is 0 Å². The number of primary amides is 1. The van der Waals surface area contributed by atoms with Gasteiger partial charge in [-0.3, -0.25) is 9.59 Å². The zero-order valence-electron chi connectivity index (χ0n) is 8.95. The van der Waals surface area contributed by atoms with Gasteiger partial charge in [-0.05, 0) is 33.1 Å². The van der Waals surface area contributed by atoms with E-state index in [1.807, 2.05) is 13.0 Å². The van der Waals surface area contributed by atoms with Crippen LogP contribution in [-0.4, -0.2) is 11.7 Å². The van der Waals surface area contributed by atoms with Crippen molar-refractivity contribution in [2.75, 3.05) is 0 Å². The van der Waals surface area contributed by atoms with E-state index in [2.05, 4.69) is 6.08 Å². The monoisotopic (exact) mass is 197 g/mol. The summed E-state index contributed by atoms with van der Waals surface area (Å²) in [5.41, 5.74) is 5.02. The number of amides is 1. The number of rotatable bonds is 7. The second-order valence-corrected chi connectivity index (χ2v) is 3.41. The Morgan fingerprint density at radius 3 is 2.50 bits per heavy atom. The number of carbonyl (C=O) groups excluding carboxylic acids is 2. The molecule has 2 N–H and O–H groups in total. The molecule has 0 radical (unpaired) electrons. The van der Waals surface area contributed by atoms with Gasteiger partial charge in [0.1, 0.15) is 5.78 Å². The third-order valence-electron chi connectivity index (χ3n) is 2.19. The van der Waals surface area contributed by atoms with Gasteiger partial charge in [0, 0.05) is 6.42 Å². The van der Waals surface area contributed by atoms with Crippen molar-refractivity contribution in [2.24, 2.45) is 11.7 Å². The summed E-state index contributed by atoms with van der Waals surface area (Å²) in [6.07, 6.45) is 7.34. The number of hydrogen-bond donors (Lipinski definition) is 1. The molecule has 0 fully saturated rings. The summed E-state index contributed by atoms with van der Waals surface area (Å²) in [7, 11) is 0. The molecule has 0 saturated heterocycles. The van der Waals surface area contributed by atoms with Gasteiger partial charge in [-0.25, -0.2) is 0 Å². The van der Waals surface area contributed by atoms with Crippen molar-refractivity contribution >= 4 is 11.7 Å². The quantitative estimate of drug-likeness (QED) is 0.384. The summed E-state index contributed by atoms with van der Waals surface area (Å²) in [6, 6.07) is 0. The van der Waals surface area contributed by atoms with E-state index in [9.17, 15) is 9.59 Å². The first kappa shape index (κ1) is 12.9. The van der Waals surface area contributed by atoms with Crippen molar-refractivity contribution in [3.05, 3.63) is 12.2 Å². The summed E-state index contributed by atoms with van der Waals surface area (Å²) >= 11 is 0. The van der Waals surface area contributed by atoms with E-state index in [1.165, 1.54) is 0 Å². The Balaban J connectivity index is 3.59. The van der Waals surface area contributed by atoms with Gasteiger partial charge < -0.3 is 5.73 Å². The average Bonchev–Trinajstić information content (AvgIpc) is 2.16. The van der Waals surface area contributed by atoms with Gasteiger partial charge in [0.25, 0.3) is 0 Å². The number of Topliss-reactive ketones (excluding diaryl/α,β-unsaturated/α-hetero) is 1. The van der Waals surface area contributed by atoms with E-state index in [-0.39, 0.29) is 5.78 Å². The van der Waals surface area contributed by atoms with Crippen molar-refractivity contribution in [1.29, 1.82) is 0 Å². The smallest absolute Gasteiger partial charge is 0.227 e. The summed E-state index contributed by atoms with van der Waals surface area (Å²) in [5, 5.41) is 0. The molecule has 0 bridgehead atoms. The van der Waals surface area contributed by atoms with E-state index in [0.717, 1.165) is 19.3 Å². The molecule has 80 valence electrons. The van der Waals surface area contributed by atoms with Gasteiger partial charge in [0.2, 0.25) is 5.91 Å². The maximum absolute atomic E-state index is 11.3. The van der Waals surface area contributed by atoms with Gasteiger partial charge in [-0.15, -0.1) is 0 Å². The van der Waals surface area contributed by atoms with Crippen molar-refractivity contribution in [2.45, 2.75) is 39.5 Å². The van der Waals surface area contributed by atoms with Crippen LogP contribution in [-0.2, 0) is 9.59 Å². The molecule has 3 heteroatoms. The zero-order chi connectivity index (χ0) is 11.0. The van der Waals surface area contributed by atoms with Gasteiger partial charge in [0.05, 0.1) is 5.92 Å². The number of unbranched alkanes of at least 4 members (excludes halogenated alkanes) is 2. The lowest BCUT2D eigenvalue weighted by Crippen LogP contribution is -2.27. The van der Waals surface area contributed by atoms with Crippen LogP contribution in [0, 0.1) is 5.92 Å². The van der Waals surface area contributed by atoms with E-state index in [0.29, 0.717) is 6.42 Å². The number of ketones is 1. The van der Waals surface area contributed by atoms with Gasteiger partial charge >= 0.3 is 0 Å². The lowest BCUT2D eigenvalue weighted by Gasteiger charge is -2.04. The summed E-state index contributed by atoms with van der Waals surface area (Å²) in [6.45, 7) is 3.54. The highest BCUT2D eigenvalue weighted by atomic mass is 16.2. The number of carbonyl (C=O) groups is 2. The highest BCUT2D eigenvalue weighted by molar-refractivity contribution is 6.00. The molecule has 3 nitrogen and oxygen atoms in total. The minimum absolute atomic E-state index is 0.0435. The van der Waals surface area contributed by atoms with Crippen LogP contribution in [0.5, 0.6) is 0 Å². The van der Waals surface area contributed by atoms with Gasteiger partial charge in [0.15, 0.2) is 0 Å². The van der Waals surface area contributed by atoms with Crippen LogP contribution in [0.2, 0.25) is 0 Å². The standard InChI is InChI=1S/C11H19NO2/c1-3-4-5-6-7-8-10(13)9(2)11(12)14/h3-4,9H,5-8H2,1-2H3,(H2,12,14).